The van der Waals surface area contributed by atoms with Gasteiger partial charge in [-0.3, -0.25) is 9.69 Å². The van der Waals surface area contributed by atoms with Crippen LogP contribution in [0, 0.1) is 18.7 Å². The zero-order valence-electron chi connectivity index (χ0n) is 29.1. The van der Waals surface area contributed by atoms with Crippen LogP contribution < -0.4 is 4.74 Å². The summed E-state index contributed by atoms with van der Waals surface area (Å²) in [6, 6.07) is 10.2. The van der Waals surface area contributed by atoms with E-state index in [0.717, 1.165) is 36.9 Å². The van der Waals surface area contributed by atoms with Gasteiger partial charge in [-0.05, 0) is 109 Å². The van der Waals surface area contributed by atoms with Gasteiger partial charge in [0.1, 0.15) is 22.9 Å². The zero-order chi connectivity index (χ0) is 34.7. The molecule has 1 aliphatic carbocycles. The number of aryl methyl sites for hydroxylation is 1. The van der Waals surface area contributed by atoms with Crippen molar-refractivity contribution in [1.82, 2.24) is 29.7 Å². The lowest BCUT2D eigenvalue weighted by molar-refractivity contribution is -0.136. The fraction of sp³-hybridized carbons (Fsp3) is 0.556. The summed E-state index contributed by atoms with van der Waals surface area (Å²) in [7, 11) is 1.76. The third-order valence-electron chi connectivity index (χ3n) is 9.24. The van der Waals surface area contributed by atoms with Gasteiger partial charge in [-0.15, -0.1) is 5.10 Å². The van der Waals surface area contributed by atoms with E-state index in [1.165, 1.54) is 12.1 Å². The van der Waals surface area contributed by atoms with Gasteiger partial charge in [0.25, 0.3) is 0 Å². The van der Waals surface area contributed by atoms with Gasteiger partial charge in [-0.25, -0.2) is 13.9 Å². The monoisotopic (exact) mass is 682 g/mol. The second-order valence-corrected chi connectivity index (χ2v) is 14.8. The van der Waals surface area contributed by atoms with Crippen LogP contribution in [0.2, 0.25) is 5.02 Å². The zero-order valence-corrected chi connectivity index (χ0v) is 29.8. The molecule has 0 unspecified atom stereocenters. The molecule has 0 N–H and O–H groups in total. The average molecular weight is 683 g/mol. The molecule has 2 fully saturated rings. The van der Waals surface area contributed by atoms with E-state index in [1.807, 2.05) is 44.6 Å². The van der Waals surface area contributed by atoms with Gasteiger partial charge in [-0.1, -0.05) is 16.8 Å². The highest BCUT2D eigenvalue weighted by Gasteiger charge is 2.35. The Kier molecular flexibility index (Phi) is 11.0. The number of hydrogen-bond donors (Lipinski definition) is 0. The SMILES string of the molecule is Cc1cc(Cl)ccc1Oc1ccc(F)cc1CN(C)C(=O)C1CCC(n2cc(CN3[C@H](C)CN(C(=O)OC(C)(C)C)C[C@@H]3C)nn2)CC1. The molecular formula is C36H48ClFN6O4. The van der Waals surface area contributed by atoms with Crippen molar-refractivity contribution < 1.29 is 23.5 Å². The Balaban J connectivity index is 1.13. The van der Waals surface area contributed by atoms with Crippen LogP contribution in [-0.4, -0.2) is 79.5 Å². The van der Waals surface area contributed by atoms with Crippen LogP contribution in [0.4, 0.5) is 9.18 Å². The lowest BCUT2D eigenvalue weighted by atomic mass is 9.85. The van der Waals surface area contributed by atoms with Crippen LogP contribution in [0.15, 0.2) is 42.6 Å². The minimum absolute atomic E-state index is 0.0408. The number of benzene rings is 2. The number of ether oxygens (including phenoxy) is 2. The highest BCUT2D eigenvalue weighted by molar-refractivity contribution is 6.30. The summed E-state index contributed by atoms with van der Waals surface area (Å²) in [5.74, 6) is 0.667. The highest BCUT2D eigenvalue weighted by Crippen LogP contribution is 2.35. The summed E-state index contributed by atoms with van der Waals surface area (Å²) in [6.07, 6.45) is 4.85. The molecule has 1 aliphatic heterocycles. The summed E-state index contributed by atoms with van der Waals surface area (Å²) in [6.45, 7) is 13.8. The van der Waals surface area contributed by atoms with Crippen LogP contribution in [0.1, 0.15) is 83.2 Å². The molecule has 5 rings (SSSR count). The van der Waals surface area contributed by atoms with E-state index in [-0.39, 0.29) is 48.4 Å². The first-order valence-electron chi connectivity index (χ1n) is 16.8. The quantitative estimate of drug-likeness (QED) is 0.245. The maximum Gasteiger partial charge on any atom is 0.410 e. The number of carbonyl (C=O) groups is 2. The van der Waals surface area contributed by atoms with E-state index in [0.29, 0.717) is 41.7 Å². The number of hydrogen-bond acceptors (Lipinski definition) is 7. The molecule has 3 aromatic rings. The molecule has 2 atom stereocenters. The van der Waals surface area contributed by atoms with Crippen molar-refractivity contribution in [1.29, 1.82) is 0 Å². The minimum Gasteiger partial charge on any atom is -0.457 e. The first-order chi connectivity index (χ1) is 22.7. The summed E-state index contributed by atoms with van der Waals surface area (Å²) < 4.78 is 27.9. The molecular weight excluding hydrogens is 635 g/mol. The maximum absolute atomic E-state index is 14.3. The Bertz CT molecular complexity index is 1590. The van der Waals surface area contributed by atoms with Crippen LogP contribution in [-0.2, 0) is 22.6 Å². The van der Waals surface area contributed by atoms with Crippen molar-refractivity contribution in [3.8, 4) is 11.5 Å². The molecule has 0 spiro atoms. The van der Waals surface area contributed by atoms with Gasteiger partial charge in [0.05, 0.1) is 17.9 Å². The molecule has 0 radical (unpaired) electrons. The fourth-order valence-corrected chi connectivity index (χ4v) is 6.97. The lowest BCUT2D eigenvalue weighted by Crippen LogP contribution is -2.58. The number of amides is 2. The highest BCUT2D eigenvalue weighted by atomic mass is 35.5. The molecule has 1 saturated heterocycles. The van der Waals surface area contributed by atoms with Crippen molar-refractivity contribution in [2.24, 2.45) is 5.92 Å². The Morgan fingerprint density at radius 1 is 1.02 bits per heavy atom. The van der Waals surface area contributed by atoms with Crippen molar-refractivity contribution >= 4 is 23.6 Å². The van der Waals surface area contributed by atoms with Crippen LogP contribution in [0.3, 0.4) is 0 Å². The molecule has 2 aliphatic rings. The Morgan fingerprint density at radius 2 is 1.69 bits per heavy atom. The smallest absolute Gasteiger partial charge is 0.410 e. The standard InChI is InChI=1S/C36H48ClFN6O4/c1-23-16-28(37)10-14-32(23)47-33-15-11-29(38)17-27(33)20-41(7)34(45)26-8-12-31(13-9-26)44-22-30(39-40-44)21-43-24(2)18-42(19-25(43)3)35(46)48-36(4,5)6/h10-11,14-17,22,24-26,31H,8-9,12-13,18-21H2,1-7H3/t24-,25+,26?,31?. The molecule has 1 saturated carbocycles. The van der Waals surface area contributed by atoms with Gasteiger partial charge < -0.3 is 19.3 Å². The third kappa shape index (κ3) is 8.85. The molecule has 2 heterocycles. The van der Waals surface area contributed by atoms with Gasteiger partial charge in [0.2, 0.25) is 5.91 Å². The molecule has 1 aromatic heterocycles. The van der Waals surface area contributed by atoms with Crippen LogP contribution >= 0.6 is 11.6 Å². The predicted octanol–water partition coefficient (Wildman–Crippen LogP) is 7.39. The molecule has 12 heteroatoms. The number of carbonyl (C=O) groups excluding carboxylic acids is 2. The minimum atomic E-state index is -0.526. The second kappa shape index (κ2) is 14.8. The van der Waals surface area contributed by atoms with Gasteiger partial charge in [0.15, 0.2) is 0 Å². The van der Waals surface area contributed by atoms with Crippen molar-refractivity contribution in [3.63, 3.8) is 0 Å². The van der Waals surface area contributed by atoms with E-state index >= 15 is 0 Å². The predicted molar refractivity (Wildman–Crippen MR) is 182 cm³/mol. The van der Waals surface area contributed by atoms with Crippen LogP contribution in [0.25, 0.3) is 0 Å². The largest absolute Gasteiger partial charge is 0.457 e. The van der Waals surface area contributed by atoms with Gasteiger partial charge in [0, 0.05) is 61.8 Å². The van der Waals surface area contributed by atoms with E-state index in [1.54, 1.807) is 35.0 Å². The van der Waals surface area contributed by atoms with E-state index in [9.17, 15) is 14.0 Å². The second-order valence-electron chi connectivity index (χ2n) is 14.4. The van der Waals surface area contributed by atoms with E-state index in [4.69, 9.17) is 21.1 Å². The number of nitrogens with zero attached hydrogens (tertiary/aromatic N) is 6. The van der Waals surface area contributed by atoms with Crippen molar-refractivity contribution in [3.05, 3.63) is 70.3 Å². The number of piperazine rings is 1. The molecule has 2 amide bonds. The van der Waals surface area contributed by atoms with Gasteiger partial charge in [-0.2, -0.15) is 0 Å². The Morgan fingerprint density at radius 3 is 2.33 bits per heavy atom. The number of aromatic nitrogens is 3. The number of rotatable bonds is 8. The summed E-state index contributed by atoms with van der Waals surface area (Å²) in [5.41, 5.74) is 1.82. The fourth-order valence-electron chi connectivity index (χ4n) is 6.74. The summed E-state index contributed by atoms with van der Waals surface area (Å²) >= 11 is 6.09. The topological polar surface area (TPSA) is 93.0 Å². The normalized spacial score (nSPS) is 22.0. The van der Waals surface area contributed by atoms with Crippen molar-refractivity contribution in [2.45, 2.75) is 104 Å². The maximum atomic E-state index is 14.3. The van der Waals surface area contributed by atoms with Crippen LogP contribution in [0.5, 0.6) is 11.5 Å². The van der Waals surface area contributed by atoms with Gasteiger partial charge >= 0.3 is 6.09 Å². The molecule has 10 nitrogen and oxygen atoms in total. The third-order valence-corrected chi connectivity index (χ3v) is 9.47. The molecule has 2 aromatic carbocycles. The van der Waals surface area contributed by atoms with E-state index < -0.39 is 5.60 Å². The Labute approximate surface area is 288 Å². The first kappa shape index (κ1) is 35.6. The average Bonchev–Trinajstić information content (AvgIpc) is 3.49. The Hall–Kier alpha value is -3.70. The molecule has 48 heavy (non-hydrogen) atoms. The number of halogens is 2. The van der Waals surface area contributed by atoms with Crippen molar-refractivity contribution in [2.75, 3.05) is 20.1 Å². The van der Waals surface area contributed by atoms with E-state index in [2.05, 4.69) is 29.1 Å². The summed E-state index contributed by atoms with van der Waals surface area (Å²) in [5, 5.41) is 9.56. The first-order valence-corrected chi connectivity index (χ1v) is 17.2. The summed E-state index contributed by atoms with van der Waals surface area (Å²) in [4.78, 5) is 32.0. The lowest BCUT2D eigenvalue weighted by Gasteiger charge is -2.44. The molecule has 260 valence electrons. The molecule has 0 bridgehead atoms.